The number of carboxylic acids is 1. The number of piperazine rings is 1. The maximum Gasteiger partial charge on any atom is 0.323 e. The van der Waals surface area contributed by atoms with Crippen LogP contribution < -0.4 is 5.32 Å². The summed E-state index contributed by atoms with van der Waals surface area (Å²) in [5, 5.41) is 11.4. The summed E-state index contributed by atoms with van der Waals surface area (Å²) in [6, 6.07) is 7.78. The number of sulfonamides is 1. The number of rotatable bonds is 5. The van der Waals surface area contributed by atoms with E-state index in [-0.39, 0.29) is 18.7 Å². The lowest BCUT2D eigenvalue weighted by Crippen LogP contribution is -2.59. The molecule has 1 aromatic rings. The summed E-state index contributed by atoms with van der Waals surface area (Å²) >= 11 is 0. The molecule has 1 amide bonds. The maximum absolute atomic E-state index is 12.3. The molecule has 114 valence electrons. The van der Waals surface area contributed by atoms with Crippen molar-refractivity contribution >= 4 is 21.9 Å². The van der Waals surface area contributed by atoms with Gasteiger partial charge < -0.3 is 10.4 Å². The lowest BCUT2D eigenvalue weighted by molar-refractivity contribution is -0.143. The summed E-state index contributed by atoms with van der Waals surface area (Å²) in [5.74, 6) is -1.98. The molecule has 21 heavy (non-hydrogen) atoms. The molecule has 1 saturated heterocycles. The molecule has 8 heteroatoms. The number of hydrogen-bond donors (Lipinski definition) is 2. The van der Waals surface area contributed by atoms with Crippen molar-refractivity contribution in [3.8, 4) is 0 Å². The van der Waals surface area contributed by atoms with Crippen LogP contribution in [-0.2, 0) is 26.0 Å². The van der Waals surface area contributed by atoms with Gasteiger partial charge in [0.1, 0.15) is 6.04 Å². The van der Waals surface area contributed by atoms with Gasteiger partial charge in [-0.2, -0.15) is 4.31 Å². The zero-order valence-corrected chi connectivity index (χ0v) is 12.0. The summed E-state index contributed by atoms with van der Waals surface area (Å²) in [7, 11) is -3.82. The van der Waals surface area contributed by atoms with Crippen molar-refractivity contribution in [3.05, 3.63) is 35.9 Å². The van der Waals surface area contributed by atoms with Gasteiger partial charge in [0.2, 0.25) is 15.9 Å². The quantitative estimate of drug-likeness (QED) is 0.759. The summed E-state index contributed by atoms with van der Waals surface area (Å²) in [6.07, 6.45) is 0.271. The first-order chi connectivity index (χ1) is 9.90. The van der Waals surface area contributed by atoms with Gasteiger partial charge in [-0.3, -0.25) is 9.59 Å². The number of carboxylic acid groups (broad SMARTS) is 1. The number of carbonyl (C=O) groups excluding carboxylic acids is 1. The fourth-order valence-corrected chi connectivity index (χ4v) is 3.73. The molecule has 1 aromatic carbocycles. The molecule has 0 saturated carbocycles. The second kappa shape index (κ2) is 6.23. The Morgan fingerprint density at radius 2 is 2.00 bits per heavy atom. The van der Waals surface area contributed by atoms with Gasteiger partial charge >= 0.3 is 5.97 Å². The highest BCUT2D eigenvalue weighted by molar-refractivity contribution is 7.89. The van der Waals surface area contributed by atoms with Crippen LogP contribution >= 0.6 is 0 Å². The van der Waals surface area contributed by atoms with Crippen molar-refractivity contribution in [1.82, 2.24) is 9.62 Å². The average molecular weight is 312 g/mol. The molecule has 1 atom stereocenters. The Balaban J connectivity index is 2.12. The highest BCUT2D eigenvalue weighted by atomic mass is 32.2. The van der Waals surface area contributed by atoms with Gasteiger partial charge in [-0.25, -0.2) is 8.42 Å². The van der Waals surface area contributed by atoms with Crippen LogP contribution in [0.3, 0.4) is 0 Å². The minimum absolute atomic E-state index is 0.210. The zero-order chi connectivity index (χ0) is 15.5. The van der Waals surface area contributed by atoms with E-state index in [9.17, 15) is 18.0 Å². The average Bonchev–Trinajstić information content (AvgIpc) is 2.46. The van der Waals surface area contributed by atoms with Crippen LogP contribution in [0.5, 0.6) is 0 Å². The fraction of sp³-hybridized carbons (Fsp3) is 0.385. The number of aryl methyl sites for hydroxylation is 1. The van der Waals surface area contributed by atoms with Crippen molar-refractivity contribution < 1.29 is 23.1 Å². The standard InChI is InChI=1S/C13H16N2O5S/c16-12-9-15(11(8-14-12)13(17)18)21(19,20)7-6-10-4-2-1-3-5-10/h1-5,11H,6-9H2,(H,14,16)(H,17,18). The van der Waals surface area contributed by atoms with Crippen LogP contribution in [0.2, 0.25) is 0 Å². The zero-order valence-electron chi connectivity index (χ0n) is 11.2. The molecular weight excluding hydrogens is 296 g/mol. The number of nitrogens with zero attached hydrogens (tertiary/aromatic N) is 1. The Hall–Kier alpha value is -1.93. The molecule has 0 radical (unpaired) electrons. The van der Waals surface area contributed by atoms with E-state index in [0.29, 0.717) is 0 Å². The normalized spacial score (nSPS) is 20.0. The molecule has 0 aliphatic carbocycles. The van der Waals surface area contributed by atoms with E-state index < -0.39 is 34.5 Å². The number of carbonyl (C=O) groups is 2. The number of amides is 1. The molecule has 1 aliphatic heterocycles. The molecule has 1 heterocycles. The van der Waals surface area contributed by atoms with Crippen LogP contribution in [0.15, 0.2) is 30.3 Å². The van der Waals surface area contributed by atoms with Gasteiger partial charge in [0.05, 0.1) is 12.3 Å². The Labute approximate surface area is 122 Å². The van der Waals surface area contributed by atoms with E-state index in [1.807, 2.05) is 6.07 Å². The fourth-order valence-electron chi connectivity index (χ4n) is 2.13. The lowest BCUT2D eigenvalue weighted by atomic mass is 10.2. The number of hydrogen-bond acceptors (Lipinski definition) is 4. The third kappa shape index (κ3) is 3.79. The van der Waals surface area contributed by atoms with Crippen LogP contribution in [0.4, 0.5) is 0 Å². The van der Waals surface area contributed by atoms with Crippen molar-refractivity contribution in [1.29, 1.82) is 0 Å². The van der Waals surface area contributed by atoms with Gasteiger partial charge in [0.25, 0.3) is 0 Å². The first-order valence-electron chi connectivity index (χ1n) is 6.43. The van der Waals surface area contributed by atoms with E-state index in [1.165, 1.54) is 0 Å². The Bertz CT molecular complexity index is 629. The van der Waals surface area contributed by atoms with E-state index in [2.05, 4.69) is 5.32 Å². The third-order valence-electron chi connectivity index (χ3n) is 3.27. The molecule has 2 rings (SSSR count). The summed E-state index contributed by atoms with van der Waals surface area (Å²) in [5.41, 5.74) is 0.842. The Kier molecular flexibility index (Phi) is 4.59. The van der Waals surface area contributed by atoms with Crippen LogP contribution in [-0.4, -0.2) is 54.6 Å². The second-order valence-electron chi connectivity index (χ2n) is 4.75. The number of nitrogens with one attached hydrogen (secondary N) is 1. The Morgan fingerprint density at radius 1 is 1.33 bits per heavy atom. The van der Waals surface area contributed by atoms with E-state index in [4.69, 9.17) is 5.11 Å². The van der Waals surface area contributed by atoms with Gasteiger partial charge in [0.15, 0.2) is 0 Å². The van der Waals surface area contributed by atoms with E-state index in [0.717, 1.165) is 9.87 Å². The maximum atomic E-state index is 12.3. The predicted octanol–water partition coefficient (Wildman–Crippen LogP) is -0.556. The van der Waals surface area contributed by atoms with Gasteiger partial charge in [0, 0.05) is 6.54 Å². The van der Waals surface area contributed by atoms with E-state index >= 15 is 0 Å². The molecule has 0 spiro atoms. The third-order valence-corrected chi connectivity index (χ3v) is 5.09. The monoisotopic (exact) mass is 312 g/mol. The first-order valence-corrected chi connectivity index (χ1v) is 8.04. The smallest absolute Gasteiger partial charge is 0.323 e. The van der Waals surface area contributed by atoms with E-state index in [1.54, 1.807) is 24.3 Å². The molecule has 1 aliphatic rings. The van der Waals surface area contributed by atoms with Gasteiger partial charge in [-0.05, 0) is 12.0 Å². The SMILES string of the molecule is O=C1CN(S(=O)(=O)CCc2ccccc2)C(C(=O)O)CN1. The highest BCUT2D eigenvalue weighted by Gasteiger charge is 2.39. The van der Waals surface area contributed by atoms with Crippen molar-refractivity contribution in [2.45, 2.75) is 12.5 Å². The van der Waals surface area contributed by atoms with Crippen LogP contribution in [0, 0.1) is 0 Å². The highest BCUT2D eigenvalue weighted by Crippen LogP contribution is 2.13. The predicted molar refractivity (Wildman–Crippen MR) is 75.1 cm³/mol. The molecule has 2 N–H and O–H groups in total. The molecule has 0 bridgehead atoms. The molecular formula is C13H16N2O5S. The molecule has 1 fully saturated rings. The minimum Gasteiger partial charge on any atom is -0.480 e. The topological polar surface area (TPSA) is 104 Å². The molecule has 1 unspecified atom stereocenters. The first kappa shape index (κ1) is 15.5. The van der Waals surface area contributed by atoms with Crippen molar-refractivity contribution in [2.24, 2.45) is 0 Å². The van der Waals surface area contributed by atoms with Crippen molar-refractivity contribution in [2.75, 3.05) is 18.8 Å². The van der Waals surface area contributed by atoms with Crippen LogP contribution in [0.1, 0.15) is 5.56 Å². The number of benzene rings is 1. The summed E-state index contributed by atoms with van der Waals surface area (Å²) in [6.45, 7) is -0.660. The summed E-state index contributed by atoms with van der Waals surface area (Å²) < 4.78 is 25.4. The number of aliphatic carboxylic acids is 1. The second-order valence-corrected chi connectivity index (χ2v) is 6.80. The minimum atomic E-state index is -3.82. The lowest BCUT2D eigenvalue weighted by Gasteiger charge is -2.31. The molecule has 7 nitrogen and oxygen atoms in total. The molecule has 0 aromatic heterocycles. The van der Waals surface area contributed by atoms with Gasteiger partial charge in [-0.1, -0.05) is 30.3 Å². The van der Waals surface area contributed by atoms with Gasteiger partial charge in [-0.15, -0.1) is 0 Å². The van der Waals surface area contributed by atoms with Crippen molar-refractivity contribution in [3.63, 3.8) is 0 Å². The Morgan fingerprint density at radius 3 is 2.62 bits per heavy atom. The largest absolute Gasteiger partial charge is 0.480 e. The van der Waals surface area contributed by atoms with Crippen LogP contribution in [0.25, 0.3) is 0 Å². The summed E-state index contributed by atoms with van der Waals surface area (Å²) in [4.78, 5) is 22.5.